The minimum atomic E-state index is -3.33. The van der Waals surface area contributed by atoms with Crippen molar-refractivity contribution in [3.63, 3.8) is 0 Å². The Kier molecular flexibility index (Phi) is 3.15. The van der Waals surface area contributed by atoms with Gasteiger partial charge in [0.2, 0.25) is 5.91 Å². The van der Waals surface area contributed by atoms with Gasteiger partial charge < -0.3 is 4.90 Å². The number of hydrogen-bond acceptors (Lipinski definition) is 4. The van der Waals surface area contributed by atoms with Crippen LogP contribution >= 0.6 is 11.3 Å². The molecule has 19 heavy (non-hydrogen) atoms. The van der Waals surface area contributed by atoms with Gasteiger partial charge in [-0.2, -0.15) is 4.31 Å². The largest absolute Gasteiger partial charge is 0.342 e. The molecule has 3 heterocycles. The van der Waals surface area contributed by atoms with E-state index >= 15 is 0 Å². The molecule has 7 heteroatoms. The number of nitrogens with zero attached hydrogens (tertiary/aromatic N) is 2. The van der Waals surface area contributed by atoms with Crippen LogP contribution in [0.15, 0.2) is 21.7 Å². The second kappa shape index (κ2) is 4.57. The zero-order valence-corrected chi connectivity index (χ0v) is 12.3. The van der Waals surface area contributed by atoms with Gasteiger partial charge in [-0.05, 0) is 23.3 Å². The van der Waals surface area contributed by atoms with Crippen molar-refractivity contribution in [1.82, 2.24) is 9.21 Å². The maximum atomic E-state index is 12.4. The quantitative estimate of drug-likeness (QED) is 0.813. The molecule has 2 fully saturated rings. The highest BCUT2D eigenvalue weighted by Gasteiger charge is 2.44. The van der Waals surface area contributed by atoms with E-state index in [0.717, 1.165) is 0 Å². The number of carbonyl (C=O) groups excluding carboxylic acids is 1. The molecule has 2 atom stereocenters. The van der Waals surface area contributed by atoms with Gasteiger partial charge in [-0.3, -0.25) is 4.79 Å². The number of rotatable bonds is 2. The molecule has 0 aromatic carbocycles. The van der Waals surface area contributed by atoms with E-state index in [4.69, 9.17) is 0 Å². The molecule has 3 rings (SSSR count). The van der Waals surface area contributed by atoms with E-state index in [-0.39, 0.29) is 5.91 Å². The van der Waals surface area contributed by atoms with Gasteiger partial charge in [0.1, 0.15) is 4.21 Å². The summed E-state index contributed by atoms with van der Waals surface area (Å²) in [6.07, 6.45) is 0. The molecule has 2 saturated heterocycles. The molecule has 2 aliphatic rings. The van der Waals surface area contributed by atoms with Gasteiger partial charge >= 0.3 is 0 Å². The number of sulfonamides is 1. The Morgan fingerprint density at radius 1 is 1.26 bits per heavy atom. The van der Waals surface area contributed by atoms with Crippen molar-refractivity contribution < 1.29 is 13.2 Å². The van der Waals surface area contributed by atoms with Crippen molar-refractivity contribution in [2.24, 2.45) is 11.8 Å². The van der Waals surface area contributed by atoms with Gasteiger partial charge in [-0.25, -0.2) is 8.42 Å². The van der Waals surface area contributed by atoms with Gasteiger partial charge in [0.05, 0.1) is 0 Å². The normalized spacial score (nSPS) is 27.7. The monoisotopic (exact) mass is 300 g/mol. The summed E-state index contributed by atoms with van der Waals surface area (Å²) in [6, 6.07) is 3.40. The molecule has 0 radical (unpaired) electrons. The Morgan fingerprint density at radius 3 is 2.37 bits per heavy atom. The summed E-state index contributed by atoms with van der Waals surface area (Å²) in [7, 11) is -3.33. The Labute approximate surface area is 116 Å². The summed E-state index contributed by atoms with van der Waals surface area (Å²) >= 11 is 1.26. The van der Waals surface area contributed by atoms with Gasteiger partial charge in [-0.15, -0.1) is 11.3 Å². The molecular formula is C12H16N2O3S2. The zero-order chi connectivity index (χ0) is 13.6. The predicted molar refractivity (Wildman–Crippen MR) is 72.3 cm³/mol. The second-order valence-electron chi connectivity index (χ2n) is 5.20. The lowest BCUT2D eigenvalue weighted by Crippen LogP contribution is -2.34. The molecular weight excluding hydrogens is 284 g/mol. The van der Waals surface area contributed by atoms with Crippen LogP contribution in [0.5, 0.6) is 0 Å². The van der Waals surface area contributed by atoms with Crippen molar-refractivity contribution >= 4 is 27.3 Å². The predicted octanol–water partition coefficient (Wildman–Crippen LogP) is 0.847. The van der Waals surface area contributed by atoms with Gasteiger partial charge in [-0.1, -0.05) is 6.07 Å². The van der Waals surface area contributed by atoms with Crippen LogP contribution in [0.1, 0.15) is 6.92 Å². The summed E-state index contributed by atoms with van der Waals surface area (Å²) in [4.78, 5) is 13.2. The van der Waals surface area contributed by atoms with Crippen LogP contribution in [0.3, 0.4) is 0 Å². The smallest absolute Gasteiger partial charge is 0.252 e. The minimum absolute atomic E-state index is 0.0852. The molecule has 1 aromatic heterocycles. The average Bonchev–Trinajstić information content (AvgIpc) is 3.04. The molecule has 1 aromatic rings. The fourth-order valence-corrected chi connectivity index (χ4v) is 5.64. The first kappa shape index (κ1) is 13.1. The highest BCUT2D eigenvalue weighted by molar-refractivity contribution is 7.91. The van der Waals surface area contributed by atoms with Crippen molar-refractivity contribution in [3.8, 4) is 0 Å². The summed E-state index contributed by atoms with van der Waals surface area (Å²) in [5.74, 6) is 0.666. The molecule has 0 spiro atoms. The van der Waals surface area contributed by atoms with Crippen molar-refractivity contribution in [2.75, 3.05) is 26.2 Å². The minimum Gasteiger partial charge on any atom is -0.342 e. The van der Waals surface area contributed by atoms with Crippen LogP contribution in [0.4, 0.5) is 0 Å². The SMILES string of the molecule is CC(=O)N1C[C@H]2CN(S(=O)(=O)c3cccs3)C[C@@H]2C1. The maximum absolute atomic E-state index is 12.4. The van der Waals surface area contributed by atoms with Crippen LogP contribution in [0.25, 0.3) is 0 Å². The highest BCUT2D eigenvalue weighted by atomic mass is 32.2. The first-order chi connectivity index (χ1) is 8.98. The molecule has 5 nitrogen and oxygen atoms in total. The van der Waals surface area contributed by atoms with E-state index in [9.17, 15) is 13.2 Å². The van der Waals surface area contributed by atoms with Crippen LogP contribution < -0.4 is 0 Å². The summed E-state index contributed by atoms with van der Waals surface area (Å²) in [5.41, 5.74) is 0. The zero-order valence-electron chi connectivity index (χ0n) is 10.7. The number of thiophene rings is 1. The van der Waals surface area contributed by atoms with E-state index in [1.54, 1.807) is 28.7 Å². The number of amides is 1. The standard InChI is InChI=1S/C12H16N2O3S2/c1-9(15)13-5-10-7-14(8-11(10)6-13)19(16,17)12-3-2-4-18-12/h2-4,10-11H,5-8H2,1H3/t10-,11-/m0/s1. The Bertz CT molecular complexity index is 568. The van der Waals surface area contributed by atoms with Crippen LogP contribution in [-0.4, -0.2) is 49.7 Å². The third-order valence-electron chi connectivity index (χ3n) is 3.99. The Balaban J connectivity index is 1.74. The van der Waals surface area contributed by atoms with Gasteiger partial charge in [0.25, 0.3) is 10.0 Å². The number of likely N-dealkylation sites (tertiary alicyclic amines) is 1. The Morgan fingerprint density at radius 2 is 1.89 bits per heavy atom. The summed E-state index contributed by atoms with van der Waals surface area (Å²) in [6.45, 7) is 4.03. The Hall–Kier alpha value is -0.920. The molecule has 104 valence electrons. The van der Waals surface area contributed by atoms with E-state index in [1.165, 1.54) is 11.3 Å². The van der Waals surface area contributed by atoms with E-state index in [2.05, 4.69) is 0 Å². The molecule has 0 saturated carbocycles. The third kappa shape index (κ3) is 2.19. The van der Waals surface area contributed by atoms with Gasteiger partial charge in [0.15, 0.2) is 0 Å². The lowest BCUT2D eigenvalue weighted by molar-refractivity contribution is -0.128. The fourth-order valence-electron chi connectivity index (χ4n) is 2.94. The molecule has 0 unspecified atom stereocenters. The first-order valence-electron chi connectivity index (χ1n) is 6.27. The highest BCUT2D eigenvalue weighted by Crippen LogP contribution is 2.34. The lowest BCUT2D eigenvalue weighted by Gasteiger charge is -2.19. The van der Waals surface area contributed by atoms with Crippen LogP contribution in [-0.2, 0) is 14.8 Å². The maximum Gasteiger partial charge on any atom is 0.252 e. The van der Waals surface area contributed by atoms with Crippen molar-refractivity contribution in [2.45, 2.75) is 11.1 Å². The van der Waals surface area contributed by atoms with Crippen molar-refractivity contribution in [3.05, 3.63) is 17.5 Å². The number of hydrogen-bond donors (Lipinski definition) is 0. The second-order valence-corrected chi connectivity index (χ2v) is 8.31. The number of fused-ring (bicyclic) bond motifs is 1. The van der Waals surface area contributed by atoms with Crippen molar-refractivity contribution in [1.29, 1.82) is 0 Å². The average molecular weight is 300 g/mol. The molecule has 0 aliphatic carbocycles. The topological polar surface area (TPSA) is 57.7 Å². The molecule has 2 aliphatic heterocycles. The molecule has 0 N–H and O–H groups in total. The summed E-state index contributed by atoms with van der Waals surface area (Å²) in [5, 5.41) is 1.78. The van der Waals surface area contributed by atoms with E-state index < -0.39 is 10.0 Å². The lowest BCUT2D eigenvalue weighted by atomic mass is 10.0. The molecule has 1 amide bonds. The third-order valence-corrected chi connectivity index (χ3v) is 7.19. The fraction of sp³-hybridized carbons (Fsp3) is 0.583. The van der Waals surface area contributed by atoms with Crippen LogP contribution in [0, 0.1) is 11.8 Å². The van der Waals surface area contributed by atoms with Crippen LogP contribution in [0.2, 0.25) is 0 Å². The summed E-state index contributed by atoms with van der Waals surface area (Å²) < 4.78 is 26.8. The van der Waals surface area contributed by atoms with E-state index in [0.29, 0.717) is 42.2 Å². The number of carbonyl (C=O) groups is 1. The first-order valence-corrected chi connectivity index (χ1v) is 8.59. The molecule has 0 bridgehead atoms. The van der Waals surface area contributed by atoms with E-state index in [1.807, 2.05) is 4.90 Å². The van der Waals surface area contributed by atoms with Gasteiger partial charge in [0, 0.05) is 33.1 Å².